The number of rotatable bonds is 4. The average molecular weight is 252 g/mol. The zero-order valence-corrected chi connectivity index (χ0v) is 11.8. The highest BCUT2D eigenvalue weighted by atomic mass is 15.0. The first-order valence-electron chi connectivity index (χ1n) is 6.62. The van der Waals surface area contributed by atoms with Crippen molar-refractivity contribution in [3.05, 3.63) is 52.8 Å². The Morgan fingerprint density at radius 1 is 1.26 bits per heavy atom. The monoisotopic (exact) mass is 252 g/mol. The highest BCUT2D eigenvalue weighted by molar-refractivity contribution is 5.50. The largest absolute Gasteiger partial charge is 0.381 e. The Morgan fingerprint density at radius 2 is 2.05 bits per heavy atom. The Hall–Kier alpha value is -2.14. The van der Waals surface area contributed by atoms with E-state index in [0.717, 1.165) is 24.3 Å². The molecule has 0 aliphatic heterocycles. The number of anilines is 1. The number of terminal acetylenes is 1. The maximum absolute atomic E-state index is 5.41. The maximum Gasteiger partial charge on any atom is 0.0418 e. The Labute approximate surface area is 115 Å². The lowest BCUT2D eigenvalue weighted by atomic mass is 10.2. The Kier molecular flexibility index (Phi) is 3.97. The molecule has 98 valence electrons. The molecule has 2 rings (SSSR count). The van der Waals surface area contributed by atoms with Gasteiger partial charge in [-0.3, -0.25) is 0 Å². The van der Waals surface area contributed by atoms with Crippen LogP contribution in [0.2, 0.25) is 0 Å². The van der Waals surface area contributed by atoms with E-state index in [-0.39, 0.29) is 0 Å². The topological polar surface area (TPSA) is 17.0 Å². The van der Waals surface area contributed by atoms with Crippen molar-refractivity contribution in [2.45, 2.75) is 33.9 Å². The third-order valence-corrected chi connectivity index (χ3v) is 3.51. The van der Waals surface area contributed by atoms with Crippen molar-refractivity contribution in [1.29, 1.82) is 0 Å². The zero-order chi connectivity index (χ0) is 13.8. The van der Waals surface area contributed by atoms with Crippen LogP contribution in [0.1, 0.15) is 29.4 Å². The molecule has 0 amide bonds. The Morgan fingerprint density at radius 3 is 2.68 bits per heavy atom. The van der Waals surface area contributed by atoms with Gasteiger partial charge < -0.3 is 9.88 Å². The number of aryl methyl sites for hydroxylation is 1. The lowest BCUT2D eigenvalue weighted by molar-refractivity contribution is 0.715. The van der Waals surface area contributed by atoms with Gasteiger partial charge in [0.2, 0.25) is 0 Å². The van der Waals surface area contributed by atoms with Crippen LogP contribution in [0.5, 0.6) is 0 Å². The van der Waals surface area contributed by atoms with E-state index in [2.05, 4.69) is 42.6 Å². The summed E-state index contributed by atoms with van der Waals surface area (Å²) in [7, 11) is 0. The normalized spacial score (nSPS) is 10.2. The van der Waals surface area contributed by atoms with Crippen molar-refractivity contribution in [3.8, 4) is 12.3 Å². The molecular weight excluding hydrogens is 232 g/mol. The van der Waals surface area contributed by atoms with Gasteiger partial charge in [-0.25, -0.2) is 0 Å². The van der Waals surface area contributed by atoms with Gasteiger partial charge in [0.25, 0.3) is 0 Å². The second-order valence-electron chi connectivity index (χ2n) is 4.72. The second kappa shape index (κ2) is 5.67. The standard InChI is InChI=1S/C17H20N2/c1-5-15-8-7-9-17(11-15)18-12-16-10-13(3)19(6-2)14(16)4/h1,7-11,18H,6,12H2,2-4H3. The highest BCUT2D eigenvalue weighted by Crippen LogP contribution is 2.17. The molecule has 0 saturated heterocycles. The smallest absolute Gasteiger partial charge is 0.0418 e. The molecule has 0 atom stereocenters. The first kappa shape index (κ1) is 13.3. The molecule has 19 heavy (non-hydrogen) atoms. The van der Waals surface area contributed by atoms with Crippen LogP contribution in [0.4, 0.5) is 5.69 Å². The van der Waals surface area contributed by atoms with Crippen LogP contribution >= 0.6 is 0 Å². The molecule has 1 aromatic heterocycles. The van der Waals surface area contributed by atoms with Gasteiger partial charge in [-0.1, -0.05) is 12.0 Å². The summed E-state index contributed by atoms with van der Waals surface area (Å²) >= 11 is 0. The van der Waals surface area contributed by atoms with Crippen molar-refractivity contribution >= 4 is 5.69 Å². The lowest BCUT2D eigenvalue weighted by Gasteiger charge is -2.08. The summed E-state index contributed by atoms with van der Waals surface area (Å²) in [4.78, 5) is 0. The van der Waals surface area contributed by atoms with Crippen molar-refractivity contribution in [2.24, 2.45) is 0 Å². The molecule has 2 heteroatoms. The summed E-state index contributed by atoms with van der Waals surface area (Å²) in [5, 5.41) is 3.43. The molecule has 0 aliphatic carbocycles. The molecule has 1 N–H and O–H groups in total. The summed E-state index contributed by atoms with van der Waals surface area (Å²) in [5.74, 6) is 2.66. The van der Waals surface area contributed by atoms with Crippen LogP contribution in [0.15, 0.2) is 30.3 Å². The summed E-state index contributed by atoms with van der Waals surface area (Å²) in [6, 6.07) is 10.2. The van der Waals surface area contributed by atoms with E-state index in [1.165, 1.54) is 17.0 Å². The number of nitrogens with zero attached hydrogens (tertiary/aromatic N) is 1. The number of hydrogen-bond donors (Lipinski definition) is 1. The molecule has 0 aliphatic rings. The first-order chi connectivity index (χ1) is 9.15. The van der Waals surface area contributed by atoms with E-state index in [1.807, 2.05) is 24.3 Å². The van der Waals surface area contributed by atoms with E-state index in [4.69, 9.17) is 6.42 Å². The van der Waals surface area contributed by atoms with Crippen LogP contribution < -0.4 is 5.32 Å². The zero-order valence-electron chi connectivity index (χ0n) is 11.8. The molecular formula is C17H20N2. The molecule has 1 heterocycles. The van der Waals surface area contributed by atoms with E-state index in [1.54, 1.807) is 0 Å². The molecule has 0 fully saturated rings. The number of hydrogen-bond acceptors (Lipinski definition) is 1. The third-order valence-electron chi connectivity index (χ3n) is 3.51. The van der Waals surface area contributed by atoms with Crippen molar-refractivity contribution < 1.29 is 0 Å². The van der Waals surface area contributed by atoms with Gasteiger partial charge in [0.05, 0.1) is 0 Å². The van der Waals surface area contributed by atoms with E-state index in [9.17, 15) is 0 Å². The second-order valence-corrected chi connectivity index (χ2v) is 4.72. The van der Waals surface area contributed by atoms with Crippen molar-refractivity contribution in [1.82, 2.24) is 4.57 Å². The minimum Gasteiger partial charge on any atom is -0.381 e. The summed E-state index contributed by atoms with van der Waals surface area (Å²) in [5.41, 5.74) is 5.96. The minimum absolute atomic E-state index is 0.827. The molecule has 0 bridgehead atoms. The molecule has 2 aromatic rings. The Bertz CT molecular complexity index is 615. The summed E-state index contributed by atoms with van der Waals surface area (Å²) < 4.78 is 2.33. The third kappa shape index (κ3) is 2.82. The fraction of sp³-hybridized carbons (Fsp3) is 0.294. The van der Waals surface area contributed by atoms with Gasteiger partial charge in [0.1, 0.15) is 0 Å². The van der Waals surface area contributed by atoms with E-state index in [0.29, 0.717) is 0 Å². The summed E-state index contributed by atoms with van der Waals surface area (Å²) in [6.45, 7) is 8.34. The summed E-state index contributed by atoms with van der Waals surface area (Å²) in [6.07, 6.45) is 5.41. The number of aromatic nitrogens is 1. The van der Waals surface area contributed by atoms with Gasteiger partial charge in [0.15, 0.2) is 0 Å². The first-order valence-corrected chi connectivity index (χ1v) is 6.62. The minimum atomic E-state index is 0.827. The van der Waals surface area contributed by atoms with Crippen molar-refractivity contribution in [2.75, 3.05) is 5.32 Å². The van der Waals surface area contributed by atoms with Gasteiger partial charge in [0, 0.05) is 35.7 Å². The van der Waals surface area contributed by atoms with Gasteiger partial charge >= 0.3 is 0 Å². The van der Waals surface area contributed by atoms with Gasteiger partial charge in [-0.15, -0.1) is 6.42 Å². The molecule has 0 unspecified atom stereocenters. The van der Waals surface area contributed by atoms with Crippen LogP contribution in [0.3, 0.4) is 0 Å². The van der Waals surface area contributed by atoms with Crippen LogP contribution in [0, 0.1) is 26.2 Å². The fourth-order valence-corrected chi connectivity index (χ4v) is 2.45. The molecule has 0 saturated carbocycles. The molecule has 0 spiro atoms. The fourth-order valence-electron chi connectivity index (χ4n) is 2.45. The van der Waals surface area contributed by atoms with E-state index >= 15 is 0 Å². The molecule has 1 aromatic carbocycles. The van der Waals surface area contributed by atoms with E-state index < -0.39 is 0 Å². The van der Waals surface area contributed by atoms with Gasteiger partial charge in [-0.05, 0) is 50.6 Å². The van der Waals surface area contributed by atoms with Crippen molar-refractivity contribution in [3.63, 3.8) is 0 Å². The lowest BCUT2D eigenvalue weighted by Crippen LogP contribution is -2.03. The van der Waals surface area contributed by atoms with Crippen LogP contribution in [-0.4, -0.2) is 4.57 Å². The van der Waals surface area contributed by atoms with Crippen LogP contribution in [0.25, 0.3) is 0 Å². The predicted octanol–water partition coefficient (Wildman–Crippen LogP) is 3.72. The predicted molar refractivity (Wildman–Crippen MR) is 81.3 cm³/mol. The number of nitrogens with one attached hydrogen (secondary N) is 1. The SMILES string of the molecule is C#Cc1cccc(NCc2cc(C)n(CC)c2C)c1. The maximum atomic E-state index is 5.41. The quantitative estimate of drug-likeness (QED) is 0.821. The molecule has 0 radical (unpaired) electrons. The Balaban J connectivity index is 2.12. The average Bonchev–Trinajstić information content (AvgIpc) is 2.71. The van der Waals surface area contributed by atoms with Crippen LogP contribution in [-0.2, 0) is 13.1 Å². The molecule has 2 nitrogen and oxygen atoms in total. The van der Waals surface area contributed by atoms with Gasteiger partial charge in [-0.2, -0.15) is 0 Å². The number of benzene rings is 1. The highest BCUT2D eigenvalue weighted by Gasteiger charge is 2.07.